The number of carbonyl (C=O) groups is 1. The van der Waals surface area contributed by atoms with Gasteiger partial charge in [-0.05, 0) is 43.0 Å². The van der Waals surface area contributed by atoms with Crippen LogP contribution in [0.5, 0.6) is 5.75 Å². The topological polar surface area (TPSA) is 64.4 Å². The first-order chi connectivity index (χ1) is 9.76. The van der Waals surface area contributed by atoms with Gasteiger partial charge in [-0.1, -0.05) is 0 Å². The molecule has 5 nitrogen and oxygen atoms in total. The van der Waals surface area contributed by atoms with Crippen molar-refractivity contribution < 1.29 is 13.9 Å². The van der Waals surface area contributed by atoms with Crippen LogP contribution >= 0.6 is 0 Å². The van der Waals surface area contributed by atoms with E-state index < -0.39 is 0 Å². The molecule has 0 spiro atoms. The van der Waals surface area contributed by atoms with Crippen LogP contribution in [0.2, 0.25) is 0 Å². The second-order valence-electron chi connectivity index (χ2n) is 4.92. The zero-order chi connectivity index (χ0) is 13.9. The van der Waals surface area contributed by atoms with E-state index in [1.54, 1.807) is 7.11 Å². The Bertz CT molecular complexity index is 600. The van der Waals surface area contributed by atoms with Crippen LogP contribution in [0, 0.1) is 5.92 Å². The summed E-state index contributed by atoms with van der Waals surface area (Å²) in [5.74, 6) is 1.67. The average Bonchev–Trinajstić information content (AvgIpc) is 3.19. The summed E-state index contributed by atoms with van der Waals surface area (Å²) >= 11 is 0. The number of aromatic nitrogens is 1. The van der Waals surface area contributed by atoms with Gasteiger partial charge in [-0.3, -0.25) is 4.79 Å². The molecule has 1 aliphatic rings. The molecular weight excluding hydrogens is 256 g/mol. The van der Waals surface area contributed by atoms with E-state index in [0.717, 1.165) is 17.9 Å². The molecule has 104 valence electrons. The summed E-state index contributed by atoms with van der Waals surface area (Å²) < 4.78 is 10.4. The van der Waals surface area contributed by atoms with E-state index in [1.807, 2.05) is 24.3 Å². The van der Waals surface area contributed by atoms with Crippen molar-refractivity contribution in [2.24, 2.45) is 5.92 Å². The highest BCUT2D eigenvalue weighted by Crippen LogP contribution is 2.27. The van der Waals surface area contributed by atoms with Gasteiger partial charge in [-0.15, -0.1) is 0 Å². The van der Waals surface area contributed by atoms with Crippen LogP contribution in [0.25, 0.3) is 11.5 Å². The molecule has 2 aromatic rings. The maximum absolute atomic E-state index is 11.9. The summed E-state index contributed by atoms with van der Waals surface area (Å²) in [6.45, 7) is 0.726. The highest BCUT2D eigenvalue weighted by Gasteiger charge is 2.22. The summed E-state index contributed by atoms with van der Waals surface area (Å²) in [6, 6.07) is 7.34. The SMILES string of the molecule is COc1ccc(-c2nc(C(=O)NCC3CC3)co2)cc1. The maximum Gasteiger partial charge on any atom is 0.273 e. The normalized spacial score (nSPS) is 14.1. The molecule has 5 heteroatoms. The van der Waals surface area contributed by atoms with Gasteiger partial charge in [0.05, 0.1) is 7.11 Å². The van der Waals surface area contributed by atoms with Gasteiger partial charge in [0.15, 0.2) is 5.69 Å². The minimum atomic E-state index is -0.180. The van der Waals surface area contributed by atoms with E-state index in [0.29, 0.717) is 17.5 Å². The van der Waals surface area contributed by atoms with Gasteiger partial charge < -0.3 is 14.5 Å². The van der Waals surface area contributed by atoms with Crippen molar-refractivity contribution in [3.8, 4) is 17.2 Å². The van der Waals surface area contributed by atoms with Crippen LogP contribution in [0.1, 0.15) is 23.3 Å². The molecule has 0 saturated heterocycles. The average molecular weight is 272 g/mol. The standard InChI is InChI=1S/C15H16N2O3/c1-19-12-6-4-11(5-7-12)15-17-13(9-20-15)14(18)16-8-10-2-3-10/h4-7,9-10H,2-3,8H2,1H3,(H,16,18). The lowest BCUT2D eigenvalue weighted by Gasteiger charge is -2.00. The highest BCUT2D eigenvalue weighted by atomic mass is 16.5. The number of oxazole rings is 1. The van der Waals surface area contributed by atoms with E-state index in [1.165, 1.54) is 19.1 Å². The number of nitrogens with one attached hydrogen (secondary N) is 1. The van der Waals surface area contributed by atoms with Crippen molar-refractivity contribution in [1.29, 1.82) is 0 Å². The third-order valence-corrected chi connectivity index (χ3v) is 3.32. The molecular formula is C15H16N2O3. The quantitative estimate of drug-likeness (QED) is 0.908. The number of carbonyl (C=O) groups excluding carboxylic acids is 1. The van der Waals surface area contributed by atoms with Gasteiger partial charge in [0.1, 0.15) is 12.0 Å². The molecule has 1 heterocycles. The number of hydrogen-bond donors (Lipinski definition) is 1. The predicted octanol–water partition coefficient (Wildman–Crippen LogP) is 2.49. The van der Waals surface area contributed by atoms with E-state index in [2.05, 4.69) is 10.3 Å². The molecule has 0 radical (unpaired) electrons. The van der Waals surface area contributed by atoms with E-state index in [9.17, 15) is 4.79 Å². The molecule has 1 N–H and O–H groups in total. The first-order valence-electron chi connectivity index (χ1n) is 6.64. The molecule has 1 amide bonds. The van der Waals surface area contributed by atoms with Crippen molar-refractivity contribution in [3.05, 3.63) is 36.2 Å². The molecule has 20 heavy (non-hydrogen) atoms. The number of hydrogen-bond acceptors (Lipinski definition) is 4. The number of benzene rings is 1. The lowest BCUT2D eigenvalue weighted by molar-refractivity contribution is 0.0947. The van der Waals surface area contributed by atoms with Crippen LogP contribution in [0.15, 0.2) is 34.9 Å². The first-order valence-corrected chi connectivity index (χ1v) is 6.64. The Morgan fingerprint density at radius 3 is 2.80 bits per heavy atom. The highest BCUT2D eigenvalue weighted by molar-refractivity contribution is 5.92. The molecule has 1 aliphatic carbocycles. The maximum atomic E-state index is 11.9. The summed E-state index contributed by atoms with van der Waals surface area (Å²) in [5, 5.41) is 2.86. The van der Waals surface area contributed by atoms with Gasteiger partial charge in [0, 0.05) is 12.1 Å². The monoisotopic (exact) mass is 272 g/mol. The summed E-state index contributed by atoms with van der Waals surface area (Å²) in [4.78, 5) is 16.1. The molecule has 0 atom stereocenters. The van der Waals surface area contributed by atoms with Gasteiger partial charge >= 0.3 is 0 Å². The minimum absolute atomic E-state index is 0.180. The Morgan fingerprint density at radius 2 is 2.15 bits per heavy atom. The van der Waals surface area contributed by atoms with Crippen molar-refractivity contribution in [1.82, 2.24) is 10.3 Å². The Kier molecular flexibility index (Phi) is 3.41. The van der Waals surface area contributed by atoms with Gasteiger partial charge in [0.2, 0.25) is 5.89 Å². The van der Waals surface area contributed by atoms with Gasteiger partial charge in [0.25, 0.3) is 5.91 Å². The molecule has 0 bridgehead atoms. The third-order valence-electron chi connectivity index (χ3n) is 3.32. The van der Waals surface area contributed by atoms with Gasteiger partial charge in [-0.2, -0.15) is 0 Å². The zero-order valence-electron chi connectivity index (χ0n) is 11.3. The van der Waals surface area contributed by atoms with E-state index in [4.69, 9.17) is 9.15 Å². The molecule has 1 aromatic carbocycles. The van der Waals surface area contributed by atoms with Crippen LogP contribution in [-0.2, 0) is 0 Å². The van der Waals surface area contributed by atoms with Crippen molar-refractivity contribution in [2.45, 2.75) is 12.8 Å². The largest absolute Gasteiger partial charge is 0.497 e. The second kappa shape index (κ2) is 5.36. The number of nitrogens with zero attached hydrogens (tertiary/aromatic N) is 1. The summed E-state index contributed by atoms with van der Waals surface area (Å²) in [7, 11) is 1.61. The van der Waals surface area contributed by atoms with Gasteiger partial charge in [-0.25, -0.2) is 4.98 Å². The lowest BCUT2D eigenvalue weighted by Crippen LogP contribution is -2.25. The number of rotatable bonds is 5. The number of methoxy groups -OCH3 is 1. The van der Waals surface area contributed by atoms with Crippen molar-refractivity contribution >= 4 is 5.91 Å². The van der Waals surface area contributed by atoms with Crippen LogP contribution in [0.4, 0.5) is 0 Å². The fourth-order valence-electron chi connectivity index (χ4n) is 1.89. The lowest BCUT2D eigenvalue weighted by atomic mass is 10.2. The molecule has 1 aromatic heterocycles. The number of amides is 1. The van der Waals surface area contributed by atoms with E-state index >= 15 is 0 Å². The van der Waals surface area contributed by atoms with E-state index in [-0.39, 0.29) is 5.91 Å². The molecule has 0 aliphatic heterocycles. The van der Waals surface area contributed by atoms with Crippen LogP contribution in [0.3, 0.4) is 0 Å². The molecule has 1 saturated carbocycles. The fourth-order valence-corrected chi connectivity index (χ4v) is 1.89. The van der Waals surface area contributed by atoms with Crippen LogP contribution in [-0.4, -0.2) is 24.5 Å². The third kappa shape index (κ3) is 2.82. The first kappa shape index (κ1) is 12.7. The van der Waals surface area contributed by atoms with Crippen molar-refractivity contribution in [2.75, 3.05) is 13.7 Å². The van der Waals surface area contributed by atoms with Crippen LogP contribution < -0.4 is 10.1 Å². The Hall–Kier alpha value is -2.30. The number of ether oxygens (including phenoxy) is 1. The second-order valence-corrected chi connectivity index (χ2v) is 4.92. The Labute approximate surface area is 117 Å². The summed E-state index contributed by atoms with van der Waals surface area (Å²) in [5.41, 5.74) is 1.13. The Balaban J connectivity index is 1.69. The predicted molar refractivity (Wildman–Crippen MR) is 73.5 cm³/mol. The smallest absolute Gasteiger partial charge is 0.273 e. The molecule has 1 fully saturated rings. The molecule has 0 unspecified atom stereocenters. The molecule has 3 rings (SSSR count). The minimum Gasteiger partial charge on any atom is -0.497 e. The Morgan fingerprint density at radius 1 is 1.40 bits per heavy atom. The summed E-state index contributed by atoms with van der Waals surface area (Å²) in [6.07, 6.45) is 3.80. The fraction of sp³-hybridized carbons (Fsp3) is 0.333. The van der Waals surface area contributed by atoms with Crippen molar-refractivity contribution in [3.63, 3.8) is 0 Å². The zero-order valence-corrected chi connectivity index (χ0v) is 11.3.